The maximum Gasteiger partial charge on any atom is 0.308 e. The molecule has 0 bridgehead atoms. The molecule has 3 rings (SSSR count). The van der Waals surface area contributed by atoms with Gasteiger partial charge in [-0.25, -0.2) is 0 Å². The average Bonchev–Trinajstić information content (AvgIpc) is 2.55. The van der Waals surface area contributed by atoms with Crippen molar-refractivity contribution in [3.8, 4) is 5.75 Å². The number of aromatic hydroxyl groups is 1. The molecule has 2 atom stereocenters. The van der Waals surface area contributed by atoms with E-state index >= 15 is 0 Å². The second kappa shape index (κ2) is 5.91. The van der Waals surface area contributed by atoms with Crippen molar-refractivity contribution in [2.75, 3.05) is 6.54 Å². The maximum absolute atomic E-state index is 12.8. The topological polar surface area (TPSA) is 77.8 Å². The number of carbonyl (C=O) groups excluding carboxylic acids is 1. The summed E-state index contributed by atoms with van der Waals surface area (Å²) in [5.41, 5.74) is 0.224. The van der Waals surface area contributed by atoms with Gasteiger partial charge in [0.1, 0.15) is 5.75 Å². The number of hydrogen-bond donors (Lipinski definition) is 2. The summed E-state index contributed by atoms with van der Waals surface area (Å²) in [5.74, 6) is -1.79. The number of rotatable bonds is 2. The summed E-state index contributed by atoms with van der Waals surface area (Å²) in [6.07, 6.45) is 1.23. The van der Waals surface area contributed by atoms with Crippen molar-refractivity contribution in [2.45, 2.75) is 25.8 Å². The van der Waals surface area contributed by atoms with Crippen molar-refractivity contribution in [3.63, 3.8) is 0 Å². The van der Waals surface area contributed by atoms with Gasteiger partial charge in [-0.2, -0.15) is 0 Å². The van der Waals surface area contributed by atoms with Crippen LogP contribution < -0.4 is 0 Å². The molecule has 1 heterocycles. The number of hydrogen-bond acceptors (Lipinski definition) is 3. The quantitative estimate of drug-likeness (QED) is 0.893. The van der Waals surface area contributed by atoms with E-state index in [0.29, 0.717) is 24.8 Å². The van der Waals surface area contributed by atoms with Crippen LogP contribution in [0.1, 0.15) is 30.1 Å². The predicted molar refractivity (Wildman–Crippen MR) is 86.5 cm³/mol. The number of phenols is 1. The number of carboxylic acid groups (broad SMARTS) is 1. The Hall–Kier alpha value is -2.56. The van der Waals surface area contributed by atoms with E-state index in [-0.39, 0.29) is 23.3 Å². The molecule has 0 unspecified atom stereocenters. The number of phenolic OH excluding ortho intramolecular Hbond substituents is 1. The fraction of sp³-hybridized carbons (Fsp3) is 0.333. The zero-order valence-electron chi connectivity index (χ0n) is 12.9. The van der Waals surface area contributed by atoms with Gasteiger partial charge in [0, 0.05) is 18.0 Å². The minimum atomic E-state index is -0.877. The van der Waals surface area contributed by atoms with E-state index in [0.717, 1.165) is 5.39 Å². The van der Waals surface area contributed by atoms with Gasteiger partial charge in [0.15, 0.2) is 0 Å². The van der Waals surface area contributed by atoms with Gasteiger partial charge in [0.05, 0.1) is 11.5 Å². The fourth-order valence-corrected chi connectivity index (χ4v) is 3.34. The number of nitrogens with zero attached hydrogens (tertiary/aromatic N) is 1. The van der Waals surface area contributed by atoms with E-state index in [1.807, 2.05) is 12.1 Å². The molecular formula is C18H19NO4. The molecule has 1 amide bonds. The first kappa shape index (κ1) is 15.3. The second-order valence-electron chi connectivity index (χ2n) is 6.01. The molecule has 1 fully saturated rings. The first-order valence-electron chi connectivity index (χ1n) is 7.75. The fourth-order valence-electron chi connectivity index (χ4n) is 3.34. The summed E-state index contributed by atoms with van der Waals surface area (Å²) in [7, 11) is 0. The van der Waals surface area contributed by atoms with Gasteiger partial charge in [-0.1, -0.05) is 30.3 Å². The Bertz CT molecular complexity index is 771. The first-order chi connectivity index (χ1) is 11.0. The summed E-state index contributed by atoms with van der Waals surface area (Å²) < 4.78 is 0. The highest BCUT2D eigenvalue weighted by atomic mass is 16.4. The second-order valence-corrected chi connectivity index (χ2v) is 6.01. The molecular weight excluding hydrogens is 294 g/mol. The Morgan fingerprint density at radius 3 is 2.65 bits per heavy atom. The van der Waals surface area contributed by atoms with Crippen molar-refractivity contribution in [1.29, 1.82) is 0 Å². The summed E-state index contributed by atoms with van der Waals surface area (Å²) in [6.45, 7) is 2.27. The average molecular weight is 313 g/mol. The van der Waals surface area contributed by atoms with E-state index < -0.39 is 11.9 Å². The number of aliphatic carboxylic acids is 1. The Labute approximate surface area is 134 Å². The smallest absolute Gasteiger partial charge is 0.308 e. The van der Waals surface area contributed by atoms with Gasteiger partial charge in [0.25, 0.3) is 5.91 Å². The van der Waals surface area contributed by atoms with Crippen LogP contribution in [0.4, 0.5) is 0 Å². The minimum absolute atomic E-state index is 0.0438. The largest absolute Gasteiger partial charge is 0.506 e. The van der Waals surface area contributed by atoms with Gasteiger partial charge >= 0.3 is 5.97 Å². The molecule has 1 aliphatic rings. The molecule has 1 saturated heterocycles. The summed E-state index contributed by atoms with van der Waals surface area (Å²) in [4.78, 5) is 25.7. The lowest BCUT2D eigenvalue weighted by atomic mass is 9.89. The van der Waals surface area contributed by atoms with Gasteiger partial charge < -0.3 is 15.1 Å². The molecule has 2 N–H and O–H groups in total. The summed E-state index contributed by atoms with van der Waals surface area (Å²) in [5, 5.41) is 21.2. The predicted octanol–water partition coefficient (Wildman–Crippen LogP) is 2.87. The monoisotopic (exact) mass is 313 g/mol. The highest BCUT2D eigenvalue weighted by Gasteiger charge is 2.36. The molecule has 0 spiro atoms. The molecule has 0 saturated carbocycles. The van der Waals surface area contributed by atoms with E-state index in [2.05, 4.69) is 0 Å². The normalized spacial score (nSPS) is 21.3. The Kier molecular flexibility index (Phi) is 3.94. The van der Waals surface area contributed by atoms with Crippen LogP contribution in [0, 0.1) is 5.92 Å². The lowest BCUT2D eigenvalue weighted by Gasteiger charge is -2.37. The van der Waals surface area contributed by atoms with Crippen molar-refractivity contribution in [3.05, 3.63) is 42.0 Å². The number of fused-ring (bicyclic) bond motifs is 1. The van der Waals surface area contributed by atoms with Gasteiger partial charge in [-0.15, -0.1) is 0 Å². The molecule has 0 radical (unpaired) electrons. The number of piperidine rings is 1. The van der Waals surface area contributed by atoms with E-state index in [4.69, 9.17) is 0 Å². The molecule has 1 aliphatic heterocycles. The summed E-state index contributed by atoms with van der Waals surface area (Å²) >= 11 is 0. The molecule has 2 aromatic carbocycles. The van der Waals surface area contributed by atoms with Crippen LogP contribution in [0.3, 0.4) is 0 Å². The van der Waals surface area contributed by atoms with Crippen molar-refractivity contribution in [1.82, 2.24) is 4.90 Å². The highest BCUT2D eigenvalue weighted by molar-refractivity contribution is 6.03. The third kappa shape index (κ3) is 2.63. The number of carboxylic acids is 1. The summed E-state index contributed by atoms with van der Waals surface area (Å²) in [6, 6.07) is 10.3. The molecule has 0 aromatic heterocycles. The molecule has 5 heteroatoms. The van der Waals surface area contributed by atoms with Crippen LogP contribution in [-0.2, 0) is 4.79 Å². The zero-order valence-corrected chi connectivity index (χ0v) is 12.9. The highest BCUT2D eigenvalue weighted by Crippen LogP contribution is 2.32. The zero-order chi connectivity index (χ0) is 16.6. The lowest BCUT2D eigenvalue weighted by Crippen LogP contribution is -2.49. The van der Waals surface area contributed by atoms with Crippen LogP contribution >= 0.6 is 0 Å². The maximum atomic E-state index is 12.8. The molecule has 23 heavy (non-hydrogen) atoms. The number of benzene rings is 2. The molecule has 5 nitrogen and oxygen atoms in total. The van der Waals surface area contributed by atoms with Crippen LogP contribution in [0.5, 0.6) is 5.75 Å². The number of carbonyl (C=O) groups is 2. The van der Waals surface area contributed by atoms with Gasteiger partial charge in [-0.05, 0) is 31.2 Å². The molecule has 2 aromatic rings. The van der Waals surface area contributed by atoms with Crippen molar-refractivity contribution in [2.24, 2.45) is 5.92 Å². The number of amides is 1. The van der Waals surface area contributed by atoms with E-state index in [9.17, 15) is 19.8 Å². The van der Waals surface area contributed by atoms with Gasteiger partial charge in [-0.3, -0.25) is 9.59 Å². The first-order valence-corrected chi connectivity index (χ1v) is 7.75. The molecule has 0 aliphatic carbocycles. The Morgan fingerprint density at radius 1 is 1.17 bits per heavy atom. The van der Waals surface area contributed by atoms with Crippen LogP contribution in [0.2, 0.25) is 0 Å². The van der Waals surface area contributed by atoms with Crippen LogP contribution in [0.15, 0.2) is 36.4 Å². The number of likely N-dealkylation sites (tertiary alicyclic amines) is 1. The Morgan fingerprint density at radius 2 is 1.91 bits per heavy atom. The molecule has 120 valence electrons. The lowest BCUT2D eigenvalue weighted by molar-refractivity contribution is -0.144. The van der Waals surface area contributed by atoms with Crippen LogP contribution in [-0.4, -0.2) is 39.6 Å². The van der Waals surface area contributed by atoms with E-state index in [1.54, 1.807) is 36.1 Å². The third-order valence-electron chi connectivity index (χ3n) is 4.70. The van der Waals surface area contributed by atoms with Crippen LogP contribution in [0.25, 0.3) is 10.8 Å². The minimum Gasteiger partial charge on any atom is -0.506 e. The van der Waals surface area contributed by atoms with Crippen molar-refractivity contribution >= 4 is 22.6 Å². The SMILES string of the molecule is C[C@@H]1[C@H](C(=O)O)CCCN1C(=O)c1ccc2ccccc2c1O. The van der Waals surface area contributed by atoms with E-state index in [1.165, 1.54) is 0 Å². The third-order valence-corrected chi connectivity index (χ3v) is 4.70. The Balaban J connectivity index is 1.97. The van der Waals surface area contributed by atoms with Gasteiger partial charge in [0.2, 0.25) is 0 Å². The van der Waals surface area contributed by atoms with Crippen molar-refractivity contribution < 1.29 is 19.8 Å². The standard InChI is InChI=1S/C18H19NO4/c1-11-13(18(22)23)7-4-10-19(11)17(21)15-9-8-12-5-2-3-6-14(12)16(15)20/h2-3,5-6,8-9,11,13,20H,4,7,10H2,1H3,(H,22,23)/t11-,13-/m1/s1.